The van der Waals surface area contributed by atoms with Gasteiger partial charge in [-0.1, -0.05) is 12.1 Å². The first kappa shape index (κ1) is 15.0. The van der Waals surface area contributed by atoms with E-state index in [0.29, 0.717) is 17.9 Å². The SMILES string of the molecule is CC(C)N(C)C(=O)c1cccc(OCc2cccnc2)c1. The number of nitrogens with zero attached hydrogens (tertiary/aromatic N) is 2. The van der Waals surface area contributed by atoms with Crippen molar-refractivity contribution in [3.63, 3.8) is 0 Å². The number of hydrogen-bond donors (Lipinski definition) is 0. The largest absolute Gasteiger partial charge is 0.489 e. The highest BCUT2D eigenvalue weighted by molar-refractivity contribution is 5.94. The smallest absolute Gasteiger partial charge is 0.253 e. The number of pyridine rings is 1. The van der Waals surface area contributed by atoms with Crippen molar-refractivity contribution in [1.82, 2.24) is 9.88 Å². The lowest BCUT2D eigenvalue weighted by Gasteiger charge is -2.21. The molecule has 0 aliphatic rings. The van der Waals surface area contributed by atoms with E-state index in [1.54, 1.807) is 36.5 Å². The van der Waals surface area contributed by atoms with Crippen LogP contribution in [-0.4, -0.2) is 28.9 Å². The van der Waals surface area contributed by atoms with Crippen molar-refractivity contribution in [1.29, 1.82) is 0 Å². The van der Waals surface area contributed by atoms with E-state index in [2.05, 4.69) is 4.98 Å². The maximum Gasteiger partial charge on any atom is 0.253 e. The van der Waals surface area contributed by atoms with Gasteiger partial charge in [-0.15, -0.1) is 0 Å². The molecule has 0 saturated heterocycles. The first-order chi connectivity index (χ1) is 10.1. The third-order valence-corrected chi connectivity index (χ3v) is 3.30. The number of ether oxygens (including phenoxy) is 1. The van der Waals surface area contributed by atoms with Crippen molar-refractivity contribution < 1.29 is 9.53 Å². The summed E-state index contributed by atoms with van der Waals surface area (Å²) in [5, 5.41) is 0. The molecule has 1 aromatic carbocycles. The first-order valence-electron chi connectivity index (χ1n) is 6.97. The number of benzene rings is 1. The molecule has 0 atom stereocenters. The van der Waals surface area contributed by atoms with Gasteiger partial charge in [0.2, 0.25) is 0 Å². The number of rotatable bonds is 5. The second-order valence-electron chi connectivity index (χ2n) is 5.19. The van der Waals surface area contributed by atoms with Gasteiger partial charge in [-0.3, -0.25) is 9.78 Å². The molecule has 21 heavy (non-hydrogen) atoms. The van der Waals surface area contributed by atoms with Crippen LogP contribution < -0.4 is 4.74 Å². The zero-order valence-electron chi connectivity index (χ0n) is 12.6. The van der Waals surface area contributed by atoms with Gasteiger partial charge in [0.1, 0.15) is 12.4 Å². The Morgan fingerprint density at radius 1 is 1.29 bits per heavy atom. The highest BCUT2D eigenvalue weighted by Gasteiger charge is 2.14. The van der Waals surface area contributed by atoms with E-state index in [-0.39, 0.29) is 11.9 Å². The molecule has 0 fully saturated rings. The van der Waals surface area contributed by atoms with Crippen LogP contribution in [0, 0.1) is 0 Å². The first-order valence-corrected chi connectivity index (χ1v) is 6.97. The normalized spacial score (nSPS) is 10.5. The maximum absolute atomic E-state index is 12.3. The minimum absolute atomic E-state index is 0.00294. The van der Waals surface area contributed by atoms with Crippen LogP contribution in [0.25, 0.3) is 0 Å². The number of carbonyl (C=O) groups is 1. The fourth-order valence-electron chi connectivity index (χ4n) is 1.81. The summed E-state index contributed by atoms with van der Waals surface area (Å²) >= 11 is 0. The van der Waals surface area contributed by atoms with Crippen molar-refractivity contribution in [3.8, 4) is 5.75 Å². The summed E-state index contributed by atoms with van der Waals surface area (Å²) in [7, 11) is 1.80. The fraction of sp³-hybridized carbons (Fsp3) is 0.294. The van der Waals surface area contributed by atoms with Crippen molar-refractivity contribution >= 4 is 5.91 Å². The van der Waals surface area contributed by atoms with Gasteiger partial charge < -0.3 is 9.64 Å². The Balaban J connectivity index is 2.06. The molecule has 0 N–H and O–H groups in total. The molecular formula is C17H20N2O2. The molecule has 0 aliphatic heterocycles. The molecule has 0 spiro atoms. The van der Waals surface area contributed by atoms with E-state index in [0.717, 1.165) is 5.56 Å². The van der Waals surface area contributed by atoms with Crippen molar-refractivity contribution in [2.75, 3.05) is 7.05 Å². The van der Waals surface area contributed by atoms with Crippen LogP contribution in [0.15, 0.2) is 48.8 Å². The predicted molar refractivity (Wildman–Crippen MR) is 82.2 cm³/mol. The number of amides is 1. The van der Waals surface area contributed by atoms with Crippen LogP contribution >= 0.6 is 0 Å². The molecule has 2 rings (SSSR count). The van der Waals surface area contributed by atoms with Crippen LogP contribution in [0.2, 0.25) is 0 Å². The van der Waals surface area contributed by atoms with Crippen LogP contribution in [0.4, 0.5) is 0 Å². The van der Waals surface area contributed by atoms with E-state index >= 15 is 0 Å². The molecule has 0 aliphatic carbocycles. The zero-order chi connectivity index (χ0) is 15.2. The van der Waals surface area contributed by atoms with E-state index < -0.39 is 0 Å². The van der Waals surface area contributed by atoms with Gasteiger partial charge in [-0.25, -0.2) is 0 Å². The highest BCUT2D eigenvalue weighted by Crippen LogP contribution is 2.16. The van der Waals surface area contributed by atoms with Gasteiger partial charge >= 0.3 is 0 Å². The van der Waals surface area contributed by atoms with Gasteiger partial charge in [-0.05, 0) is 38.1 Å². The zero-order valence-corrected chi connectivity index (χ0v) is 12.6. The van der Waals surface area contributed by atoms with Gasteiger partial charge in [-0.2, -0.15) is 0 Å². The molecule has 1 heterocycles. The number of aromatic nitrogens is 1. The summed E-state index contributed by atoms with van der Waals surface area (Å²) < 4.78 is 5.71. The van der Waals surface area contributed by atoms with Crippen molar-refractivity contribution in [3.05, 3.63) is 59.9 Å². The second-order valence-corrected chi connectivity index (χ2v) is 5.19. The summed E-state index contributed by atoms with van der Waals surface area (Å²) in [6.45, 7) is 4.41. The predicted octanol–water partition coefficient (Wildman–Crippen LogP) is 3.14. The van der Waals surface area contributed by atoms with E-state index in [9.17, 15) is 4.79 Å². The number of hydrogen-bond acceptors (Lipinski definition) is 3. The molecule has 0 saturated carbocycles. The Labute approximate surface area is 125 Å². The van der Waals surface area contributed by atoms with Gasteiger partial charge in [0.25, 0.3) is 5.91 Å². The average molecular weight is 284 g/mol. The molecule has 0 radical (unpaired) electrons. The second kappa shape index (κ2) is 6.88. The summed E-state index contributed by atoms with van der Waals surface area (Å²) in [4.78, 5) is 18.0. The monoisotopic (exact) mass is 284 g/mol. The standard InChI is InChI=1S/C17H20N2O2/c1-13(2)19(3)17(20)15-7-4-8-16(10-15)21-12-14-6-5-9-18-11-14/h4-11,13H,12H2,1-3H3. The third-order valence-electron chi connectivity index (χ3n) is 3.30. The molecule has 1 amide bonds. The maximum atomic E-state index is 12.3. The van der Waals surface area contributed by atoms with Crippen LogP contribution in [0.3, 0.4) is 0 Å². The Morgan fingerprint density at radius 2 is 2.10 bits per heavy atom. The van der Waals surface area contributed by atoms with Crippen LogP contribution in [-0.2, 0) is 6.61 Å². The lowest BCUT2D eigenvalue weighted by atomic mass is 10.1. The van der Waals surface area contributed by atoms with Gasteiger partial charge in [0.05, 0.1) is 0 Å². The third kappa shape index (κ3) is 4.05. The molecule has 1 aromatic heterocycles. The minimum atomic E-state index is -0.00294. The topological polar surface area (TPSA) is 42.4 Å². The average Bonchev–Trinajstić information content (AvgIpc) is 2.52. The highest BCUT2D eigenvalue weighted by atomic mass is 16.5. The summed E-state index contributed by atoms with van der Waals surface area (Å²) in [5.41, 5.74) is 1.63. The molecule has 4 heteroatoms. The summed E-state index contributed by atoms with van der Waals surface area (Å²) in [6.07, 6.45) is 3.49. The quantitative estimate of drug-likeness (QED) is 0.847. The molecule has 2 aromatic rings. The molecule has 0 unspecified atom stereocenters. The van der Waals surface area contributed by atoms with Crippen LogP contribution in [0.1, 0.15) is 29.8 Å². The Bertz CT molecular complexity index is 597. The summed E-state index contributed by atoms with van der Waals surface area (Å²) in [6, 6.07) is 11.3. The van der Waals surface area contributed by atoms with Gasteiger partial charge in [0, 0.05) is 36.6 Å². The summed E-state index contributed by atoms with van der Waals surface area (Å²) in [5.74, 6) is 0.679. The molecule has 4 nitrogen and oxygen atoms in total. The molecular weight excluding hydrogens is 264 g/mol. The van der Waals surface area contributed by atoms with E-state index in [1.807, 2.05) is 38.1 Å². The minimum Gasteiger partial charge on any atom is -0.489 e. The van der Waals surface area contributed by atoms with Crippen molar-refractivity contribution in [2.24, 2.45) is 0 Å². The molecule has 0 bridgehead atoms. The number of carbonyl (C=O) groups excluding carboxylic acids is 1. The Hall–Kier alpha value is -2.36. The Kier molecular flexibility index (Phi) is 4.93. The van der Waals surface area contributed by atoms with E-state index in [4.69, 9.17) is 4.74 Å². The van der Waals surface area contributed by atoms with E-state index in [1.165, 1.54) is 0 Å². The fourth-order valence-corrected chi connectivity index (χ4v) is 1.81. The van der Waals surface area contributed by atoms with Gasteiger partial charge in [0.15, 0.2) is 0 Å². The lowest BCUT2D eigenvalue weighted by Crippen LogP contribution is -2.32. The van der Waals surface area contributed by atoms with Crippen molar-refractivity contribution in [2.45, 2.75) is 26.5 Å². The Morgan fingerprint density at radius 3 is 2.76 bits per heavy atom. The van der Waals surface area contributed by atoms with Crippen LogP contribution in [0.5, 0.6) is 5.75 Å². The lowest BCUT2D eigenvalue weighted by molar-refractivity contribution is 0.0754. The molecule has 110 valence electrons.